The molecular weight excluding hydrogens is 430 g/mol. The summed E-state index contributed by atoms with van der Waals surface area (Å²) in [5.74, 6) is 0.606. The number of anilines is 1. The van der Waals surface area contributed by atoms with E-state index in [0.717, 1.165) is 49.6 Å². The number of nitrogens with one attached hydrogen (secondary N) is 3. The first-order valence-corrected chi connectivity index (χ1v) is 11.7. The van der Waals surface area contributed by atoms with Crippen molar-refractivity contribution in [2.75, 3.05) is 12.4 Å². The second-order valence-electron chi connectivity index (χ2n) is 9.08. The number of aromatic nitrogens is 3. The quantitative estimate of drug-likeness (QED) is 0.523. The van der Waals surface area contributed by atoms with Crippen molar-refractivity contribution >= 4 is 28.5 Å². The van der Waals surface area contributed by atoms with Crippen LogP contribution < -0.4 is 16.0 Å². The lowest BCUT2D eigenvalue weighted by Crippen LogP contribution is -2.40. The van der Waals surface area contributed by atoms with Gasteiger partial charge in [-0.05, 0) is 50.7 Å². The first kappa shape index (κ1) is 21.9. The van der Waals surface area contributed by atoms with Crippen LogP contribution >= 0.6 is 0 Å². The molecule has 0 bridgehead atoms. The minimum absolute atomic E-state index is 0.0282. The molecule has 5 rings (SSSR count). The van der Waals surface area contributed by atoms with Crippen LogP contribution in [0.25, 0.3) is 16.9 Å². The average Bonchev–Trinajstić information content (AvgIpc) is 3.58. The third-order valence-corrected chi connectivity index (χ3v) is 6.65. The summed E-state index contributed by atoms with van der Waals surface area (Å²) in [7, 11) is 1.66. The maximum atomic E-state index is 13.2. The highest BCUT2D eigenvalue weighted by molar-refractivity contribution is 6.00. The van der Waals surface area contributed by atoms with E-state index in [1.54, 1.807) is 25.5 Å². The van der Waals surface area contributed by atoms with E-state index in [4.69, 9.17) is 5.26 Å². The fourth-order valence-electron chi connectivity index (χ4n) is 4.56. The molecule has 0 radical (unpaired) electrons. The number of nitrogens with zero attached hydrogens (tertiary/aromatic N) is 4. The van der Waals surface area contributed by atoms with Gasteiger partial charge in [-0.25, -0.2) is 9.97 Å². The van der Waals surface area contributed by atoms with Crippen LogP contribution in [-0.4, -0.2) is 45.5 Å². The predicted molar refractivity (Wildman–Crippen MR) is 128 cm³/mol. The molecule has 3 N–H and O–H groups in total. The first-order chi connectivity index (χ1) is 16.6. The van der Waals surface area contributed by atoms with Crippen molar-refractivity contribution in [2.45, 2.75) is 50.6 Å². The molecule has 0 aromatic carbocycles. The highest BCUT2D eigenvalue weighted by Crippen LogP contribution is 2.30. The zero-order valence-corrected chi connectivity index (χ0v) is 19.0. The summed E-state index contributed by atoms with van der Waals surface area (Å²) >= 11 is 0. The lowest BCUT2D eigenvalue weighted by Gasteiger charge is -2.28. The summed E-state index contributed by atoms with van der Waals surface area (Å²) in [5.41, 5.74) is 2.47. The molecule has 2 saturated carbocycles. The zero-order valence-electron chi connectivity index (χ0n) is 19.0. The van der Waals surface area contributed by atoms with Gasteiger partial charge in [0.25, 0.3) is 5.91 Å². The van der Waals surface area contributed by atoms with E-state index in [0.29, 0.717) is 28.6 Å². The Morgan fingerprint density at radius 1 is 1.06 bits per heavy atom. The van der Waals surface area contributed by atoms with Crippen LogP contribution in [0.5, 0.6) is 0 Å². The van der Waals surface area contributed by atoms with Gasteiger partial charge in [-0.1, -0.05) is 0 Å². The molecule has 0 saturated heterocycles. The van der Waals surface area contributed by atoms with Crippen LogP contribution in [0.4, 0.5) is 5.69 Å². The molecule has 9 heteroatoms. The Labute approximate surface area is 197 Å². The molecular formula is C25H27N7O2. The summed E-state index contributed by atoms with van der Waals surface area (Å²) in [6, 6.07) is 8.10. The molecule has 0 atom stereocenters. The van der Waals surface area contributed by atoms with E-state index in [9.17, 15) is 9.59 Å². The monoisotopic (exact) mass is 457 g/mol. The third kappa shape index (κ3) is 4.44. The molecule has 0 unspecified atom stereocenters. The summed E-state index contributed by atoms with van der Waals surface area (Å²) in [6.07, 6.45) is 10.3. The lowest BCUT2D eigenvalue weighted by atomic mass is 9.85. The molecule has 0 spiro atoms. The fourth-order valence-corrected chi connectivity index (χ4v) is 4.56. The molecule has 2 fully saturated rings. The number of carbonyl (C=O) groups excluding carboxylic acids is 2. The Hall–Kier alpha value is -3.93. The first-order valence-electron chi connectivity index (χ1n) is 11.7. The standard InChI is InChI=1S/C25H27N7O2/c1-27-24(33)16-2-4-19(5-3-16)31-25(34)20-14-28-22(11-21(20)30-18-6-7-18)32-9-8-17-10-15(12-26)13-29-23(17)32/h8-11,13-14,16,18-19H,2-7H2,1H3,(H,27,33)(H,28,30)(H,31,34). The number of pyridine rings is 2. The highest BCUT2D eigenvalue weighted by Gasteiger charge is 2.28. The van der Waals surface area contributed by atoms with Gasteiger partial charge in [0.15, 0.2) is 0 Å². The van der Waals surface area contributed by atoms with Crippen molar-refractivity contribution in [1.82, 2.24) is 25.2 Å². The number of hydrogen-bond acceptors (Lipinski definition) is 6. The molecule has 174 valence electrons. The minimum atomic E-state index is -0.153. The van der Waals surface area contributed by atoms with Gasteiger partial charge in [-0.15, -0.1) is 0 Å². The number of rotatable bonds is 6. The topological polar surface area (TPSA) is 125 Å². The van der Waals surface area contributed by atoms with E-state index in [1.807, 2.05) is 22.9 Å². The lowest BCUT2D eigenvalue weighted by molar-refractivity contribution is -0.125. The zero-order chi connectivity index (χ0) is 23.7. The maximum Gasteiger partial charge on any atom is 0.255 e. The molecule has 2 amide bonds. The Morgan fingerprint density at radius 3 is 2.53 bits per heavy atom. The van der Waals surface area contributed by atoms with Crippen molar-refractivity contribution in [3.63, 3.8) is 0 Å². The van der Waals surface area contributed by atoms with Gasteiger partial charge in [0.1, 0.15) is 17.5 Å². The second kappa shape index (κ2) is 9.14. The Bertz CT molecular complexity index is 1280. The van der Waals surface area contributed by atoms with E-state index in [-0.39, 0.29) is 23.8 Å². The van der Waals surface area contributed by atoms with Gasteiger partial charge in [0.05, 0.1) is 16.8 Å². The van der Waals surface area contributed by atoms with Crippen LogP contribution in [0, 0.1) is 17.2 Å². The average molecular weight is 458 g/mol. The van der Waals surface area contributed by atoms with Gasteiger partial charge in [-0.2, -0.15) is 5.26 Å². The molecule has 2 aliphatic carbocycles. The largest absolute Gasteiger partial charge is 0.382 e. The highest BCUT2D eigenvalue weighted by atomic mass is 16.2. The number of nitriles is 1. The summed E-state index contributed by atoms with van der Waals surface area (Å²) in [6.45, 7) is 0. The normalized spacial score (nSPS) is 19.9. The van der Waals surface area contributed by atoms with E-state index in [1.165, 1.54) is 0 Å². The Kier molecular flexibility index (Phi) is 5.88. The van der Waals surface area contributed by atoms with E-state index in [2.05, 4.69) is 32.0 Å². The Morgan fingerprint density at radius 2 is 1.82 bits per heavy atom. The van der Waals surface area contributed by atoms with Crippen LogP contribution in [0.1, 0.15) is 54.4 Å². The fraction of sp³-hybridized carbons (Fsp3) is 0.400. The van der Waals surface area contributed by atoms with E-state index >= 15 is 0 Å². The van der Waals surface area contributed by atoms with Crippen molar-refractivity contribution in [1.29, 1.82) is 5.26 Å². The predicted octanol–water partition coefficient (Wildman–Crippen LogP) is 2.90. The molecule has 9 nitrogen and oxygen atoms in total. The van der Waals surface area contributed by atoms with Crippen LogP contribution in [0.3, 0.4) is 0 Å². The van der Waals surface area contributed by atoms with Gasteiger partial charge >= 0.3 is 0 Å². The number of hydrogen-bond donors (Lipinski definition) is 3. The molecule has 0 aliphatic heterocycles. The SMILES string of the molecule is CNC(=O)C1CCC(NC(=O)c2cnc(-n3ccc4cc(C#N)cnc43)cc2NC2CC2)CC1. The number of fused-ring (bicyclic) bond motifs is 1. The molecule has 34 heavy (non-hydrogen) atoms. The number of amides is 2. The maximum absolute atomic E-state index is 13.2. The molecule has 3 aromatic heterocycles. The second-order valence-corrected chi connectivity index (χ2v) is 9.08. The van der Waals surface area contributed by atoms with Gasteiger partial charge in [0, 0.05) is 55.1 Å². The third-order valence-electron chi connectivity index (χ3n) is 6.65. The van der Waals surface area contributed by atoms with Gasteiger partial charge in [0.2, 0.25) is 5.91 Å². The van der Waals surface area contributed by atoms with Crippen molar-refractivity contribution < 1.29 is 9.59 Å². The summed E-state index contributed by atoms with van der Waals surface area (Å²) in [5, 5.41) is 19.3. The molecule has 2 aliphatic rings. The van der Waals surface area contributed by atoms with Gasteiger partial charge in [-0.3, -0.25) is 14.2 Å². The van der Waals surface area contributed by atoms with Crippen molar-refractivity contribution in [3.8, 4) is 11.9 Å². The number of carbonyl (C=O) groups is 2. The van der Waals surface area contributed by atoms with Crippen LogP contribution in [0.2, 0.25) is 0 Å². The summed E-state index contributed by atoms with van der Waals surface area (Å²) in [4.78, 5) is 34.0. The van der Waals surface area contributed by atoms with Crippen molar-refractivity contribution in [3.05, 3.63) is 47.9 Å². The molecule has 3 heterocycles. The van der Waals surface area contributed by atoms with Crippen LogP contribution in [-0.2, 0) is 4.79 Å². The van der Waals surface area contributed by atoms with Gasteiger partial charge < -0.3 is 16.0 Å². The van der Waals surface area contributed by atoms with Crippen LogP contribution in [0.15, 0.2) is 36.8 Å². The smallest absolute Gasteiger partial charge is 0.255 e. The molecule has 3 aromatic rings. The summed E-state index contributed by atoms with van der Waals surface area (Å²) < 4.78 is 1.86. The van der Waals surface area contributed by atoms with E-state index < -0.39 is 0 Å². The minimum Gasteiger partial charge on any atom is -0.382 e. The Balaban J connectivity index is 1.37. The van der Waals surface area contributed by atoms with Crippen molar-refractivity contribution in [2.24, 2.45) is 5.92 Å².